The molecule has 0 radical (unpaired) electrons. The van der Waals surface area contributed by atoms with Gasteiger partial charge in [-0.05, 0) is 49.6 Å². The lowest BCUT2D eigenvalue weighted by Gasteiger charge is -2.27. The molecule has 1 N–H and O–H groups in total. The molecule has 0 amide bonds. The zero-order chi connectivity index (χ0) is 16.1. The molecule has 0 saturated carbocycles. The first-order chi connectivity index (χ1) is 11.2. The number of hydrogen-bond donors (Lipinski definition) is 1. The molecule has 23 heavy (non-hydrogen) atoms. The molecule has 1 heterocycles. The van der Waals surface area contributed by atoms with Gasteiger partial charge in [0.15, 0.2) is 0 Å². The Bertz CT molecular complexity index is 625. The predicted molar refractivity (Wildman–Crippen MR) is 99.6 cm³/mol. The molecule has 3 rings (SSSR count). The number of rotatable bonds is 6. The van der Waals surface area contributed by atoms with Crippen LogP contribution in [0.5, 0.6) is 0 Å². The van der Waals surface area contributed by atoms with Crippen LogP contribution in [0.2, 0.25) is 10.0 Å². The summed E-state index contributed by atoms with van der Waals surface area (Å²) in [5, 5.41) is 4.79. The quantitative estimate of drug-likeness (QED) is 0.777. The second-order valence-electron chi connectivity index (χ2n) is 6.09. The summed E-state index contributed by atoms with van der Waals surface area (Å²) in [4.78, 5) is 2.39. The lowest BCUT2D eigenvalue weighted by atomic mass is 10.1. The summed E-state index contributed by atoms with van der Waals surface area (Å²) in [6, 6.07) is 17.1. The summed E-state index contributed by atoms with van der Waals surface area (Å²) >= 11 is 12.3. The molecule has 0 aliphatic carbocycles. The summed E-state index contributed by atoms with van der Waals surface area (Å²) in [6.45, 7) is 3.03. The molecule has 0 unspecified atom stereocenters. The molecule has 0 aromatic heterocycles. The van der Waals surface area contributed by atoms with Crippen molar-refractivity contribution in [3.8, 4) is 0 Å². The fourth-order valence-electron chi connectivity index (χ4n) is 3.10. The smallest absolute Gasteiger partial charge is 0.0612 e. The van der Waals surface area contributed by atoms with Crippen molar-refractivity contribution in [3.63, 3.8) is 0 Å². The van der Waals surface area contributed by atoms with Gasteiger partial charge in [0.05, 0.1) is 10.0 Å². The Hall–Kier alpha value is -1.22. The summed E-state index contributed by atoms with van der Waals surface area (Å²) in [5.74, 6) is 0. The molecule has 2 aromatic rings. The zero-order valence-corrected chi connectivity index (χ0v) is 14.7. The van der Waals surface area contributed by atoms with Crippen LogP contribution in [0.1, 0.15) is 24.8 Å². The first kappa shape index (κ1) is 16.6. The number of hydrogen-bond acceptors (Lipinski definition) is 2. The van der Waals surface area contributed by atoms with Crippen molar-refractivity contribution in [1.82, 2.24) is 5.32 Å². The van der Waals surface area contributed by atoms with Gasteiger partial charge in [-0.2, -0.15) is 0 Å². The molecular weight excluding hydrogens is 327 g/mol. The second kappa shape index (κ2) is 8.05. The van der Waals surface area contributed by atoms with Gasteiger partial charge in [-0.15, -0.1) is 0 Å². The highest BCUT2D eigenvalue weighted by Crippen LogP contribution is 2.28. The van der Waals surface area contributed by atoms with E-state index in [9.17, 15) is 0 Å². The lowest BCUT2D eigenvalue weighted by Crippen LogP contribution is -2.30. The van der Waals surface area contributed by atoms with Crippen LogP contribution < -0.4 is 10.2 Å². The number of nitrogens with one attached hydrogen (secondary N) is 1. The van der Waals surface area contributed by atoms with E-state index < -0.39 is 0 Å². The van der Waals surface area contributed by atoms with Crippen LogP contribution in [0, 0.1) is 0 Å². The van der Waals surface area contributed by atoms with E-state index in [4.69, 9.17) is 23.2 Å². The maximum Gasteiger partial charge on any atom is 0.0612 e. The summed E-state index contributed by atoms with van der Waals surface area (Å²) in [7, 11) is 0. The molecule has 2 nitrogen and oxygen atoms in total. The van der Waals surface area contributed by atoms with E-state index in [0.717, 1.165) is 31.7 Å². The largest absolute Gasteiger partial charge is 0.367 e. The van der Waals surface area contributed by atoms with Crippen molar-refractivity contribution in [2.75, 3.05) is 18.0 Å². The molecule has 122 valence electrons. The SMILES string of the molecule is Clc1ccc(N(CC[C@@H]2CCCN2)Cc2ccccc2)cc1Cl. The van der Waals surface area contributed by atoms with Crippen LogP contribution >= 0.6 is 23.2 Å². The molecular formula is C19H22Cl2N2. The van der Waals surface area contributed by atoms with E-state index in [0.29, 0.717) is 16.1 Å². The number of benzene rings is 2. The van der Waals surface area contributed by atoms with Crippen LogP contribution in [0.4, 0.5) is 5.69 Å². The van der Waals surface area contributed by atoms with Gasteiger partial charge < -0.3 is 10.2 Å². The Morgan fingerprint density at radius 3 is 2.57 bits per heavy atom. The number of halogens is 2. The molecule has 0 bridgehead atoms. The first-order valence-corrected chi connectivity index (χ1v) is 8.95. The van der Waals surface area contributed by atoms with E-state index in [1.807, 2.05) is 12.1 Å². The third-order valence-corrected chi connectivity index (χ3v) is 5.13. The summed E-state index contributed by atoms with van der Waals surface area (Å²) in [5.41, 5.74) is 2.43. The normalized spacial score (nSPS) is 17.4. The summed E-state index contributed by atoms with van der Waals surface area (Å²) in [6.07, 6.45) is 3.71. The standard InChI is InChI=1S/C19H22Cl2N2/c20-18-9-8-17(13-19(18)21)23(12-10-16-7-4-11-22-16)14-15-5-2-1-3-6-15/h1-3,5-6,8-9,13,16,22H,4,7,10-12,14H2/t16-/m0/s1. The van der Waals surface area contributed by atoms with Crippen molar-refractivity contribution >= 4 is 28.9 Å². The molecule has 2 aromatic carbocycles. The van der Waals surface area contributed by atoms with Gasteiger partial charge >= 0.3 is 0 Å². The topological polar surface area (TPSA) is 15.3 Å². The Kier molecular flexibility index (Phi) is 5.82. The van der Waals surface area contributed by atoms with Crippen molar-refractivity contribution in [2.24, 2.45) is 0 Å². The molecule has 1 aliphatic heterocycles. The Labute approximate surface area is 148 Å². The molecule has 1 aliphatic rings. The van der Waals surface area contributed by atoms with Gasteiger partial charge in [-0.1, -0.05) is 53.5 Å². The van der Waals surface area contributed by atoms with Crippen LogP contribution in [-0.4, -0.2) is 19.1 Å². The van der Waals surface area contributed by atoms with Crippen LogP contribution in [0.25, 0.3) is 0 Å². The molecule has 4 heteroatoms. The molecule has 1 atom stereocenters. The van der Waals surface area contributed by atoms with E-state index in [1.54, 1.807) is 0 Å². The van der Waals surface area contributed by atoms with Crippen molar-refractivity contribution < 1.29 is 0 Å². The fraction of sp³-hybridized carbons (Fsp3) is 0.368. The van der Waals surface area contributed by atoms with Gasteiger partial charge in [0.1, 0.15) is 0 Å². The van der Waals surface area contributed by atoms with Crippen molar-refractivity contribution in [1.29, 1.82) is 0 Å². The van der Waals surface area contributed by atoms with Gasteiger partial charge in [-0.3, -0.25) is 0 Å². The molecule has 1 fully saturated rings. The highest BCUT2D eigenvalue weighted by molar-refractivity contribution is 6.42. The minimum absolute atomic E-state index is 0.604. The average Bonchev–Trinajstić information content (AvgIpc) is 3.08. The van der Waals surface area contributed by atoms with Crippen LogP contribution in [0.3, 0.4) is 0 Å². The predicted octanol–water partition coefficient (Wildman–Crippen LogP) is 5.14. The number of nitrogens with zero attached hydrogens (tertiary/aromatic N) is 1. The summed E-state index contributed by atoms with van der Waals surface area (Å²) < 4.78 is 0. The first-order valence-electron chi connectivity index (χ1n) is 8.20. The Balaban J connectivity index is 1.75. The van der Waals surface area contributed by atoms with E-state index in [-0.39, 0.29) is 0 Å². The second-order valence-corrected chi connectivity index (χ2v) is 6.90. The van der Waals surface area contributed by atoms with E-state index in [2.05, 4.69) is 46.6 Å². The van der Waals surface area contributed by atoms with Crippen LogP contribution in [-0.2, 0) is 6.54 Å². The number of anilines is 1. The van der Waals surface area contributed by atoms with Crippen molar-refractivity contribution in [2.45, 2.75) is 31.8 Å². The molecule has 0 spiro atoms. The van der Waals surface area contributed by atoms with Gasteiger partial charge in [0.2, 0.25) is 0 Å². The molecule has 1 saturated heterocycles. The Morgan fingerprint density at radius 2 is 1.87 bits per heavy atom. The minimum atomic E-state index is 0.604. The minimum Gasteiger partial charge on any atom is -0.367 e. The zero-order valence-electron chi connectivity index (χ0n) is 13.1. The highest BCUT2D eigenvalue weighted by Gasteiger charge is 2.16. The lowest BCUT2D eigenvalue weighted by molar-refractivity contribution is 0.549. The average molecular weight is 349 g/mol. The monoisotopic (exact) mass is 348 g/mol. The van der Waals surface area contributed by atoms with Crippen LogP contribution in [0.15, 0.2) is 48.5 Å². The van der Waals surface area contributed by atoms with Crippen molar-refractivity contribution in [3.05, 3.63) is 64.1 Å². The maximum atomic E-state index is 6.22. The highest BCUT2D eigenvalue weighted by atomic mass is 35.5. The van der Waals surface area contributed by atoms with Gasteiger partial charge in [-0.25, -0.2) is 0 Å². The van der Waals surface area contributed by atoms with Gasteiger partial charge in [0, 0.05) is 24.8 Å². The van der Waals surface area contributed by atoms with Gasteiger partial charge in [0.25, 0.3) is 0 Å². The Morgan fingerprint density at radius 1 is 1.04 bits per heavy atom. The maximum absolute atomic E-state index is 6.22. The van der Waals surface area contributed by atoms with E-state index in [1.165, 1.54) is 18.4 Å². The fourth-order valence-corrected chi connectivity index (χ4v) is 3.39. The third kappa shape index (κ3) is 4.63. The van der Waals surface area contributed by atoms with E-state index >= 15 is 0 Å². The third-order valence-electron chi connectivity index (χ3n) is 4.39.